The van der Waals surface area contributed by atoms with Crippen LogP contribution in [0.3, 0.4) is 0 Å². The minimum Gasteiger partial charge on any atom is -0.508 e. The van der Waals surface area contributed by atoms with E-state index < -0.39 is 11.7 Å². The summed E-state index contributed by atoms with van der Waals surface area (Å²) in [5, 5.41) is 37.6. The highest BCUT2D eigenvalue weighted by atomic mass is 16.5. The molecule has 2 aromatic carbocycles. The van der Waals surface area contributed by atoms with Gasteiger partial charge in [-0.05, 0) is 57.2 Å². The third-order valence-electron chi connectivity index (χ3n) is 3.55. The fraction of sp³-hybridized carbons (Fsp3) is 0.368. The molecule has 6 heteroatoms. The maximum absolute atomic E-state index is 9.67. The number of phenols is 2. The van der Waals surface area contributed by atoms with Crippen molar-refractivity contribution in [2.45, 2.75) is 32.5 Å². The van der Waals surface area contributed by atoms with Crippen molar-refractivity contribution >= 4 is 0 Å². The molecular weight excluding hydrogens is 324 g/mol. The first-order chi connectivity index (χ1) is 11.6. The maximum atomic E-state index is 9.67. The number of hydrogen-bond donors (Lipinski definition) is 4. The first-order valence-corrected chi connectivity index (χ1v) is 7.75. The number of aliphatic hydroxyl groups is 2. The predicted octanol–water partition coefficient (Wildman–Crippen LogP) is 3.08. The Labute approximate surface area is 147 Å². The van der Waals surface area contributed by atoms with Gasteiger partial charge in [-0.3, -0.25) is 0 Å². The molecule has 0 heterocycles. The molecule has 1 atom stereocenters. The number of benzene rings is 2. The van der Waals surface area contributed by atoms with Crippen LogP contribution in [-0.2, 0) is 5.60 Å². The number of methoxy groups -OCH3 is 2. The zero-order chi connectivity index (χ0) is 19.2. The van der Waals surface area contributed by atoms with Crippen molar-refractivity contribution in [2.24, 2.45) is 0 Å². The van der Waals surface area contributed by atoms with Crippen LogP contribution in [0.2, 0.25) is 0 Å². The SMILES string of the molecule is COc1ccc(O)c(C(C)(C)O)c1.COc1ccc(O)c(C(C)O)c1. The Bertz CT molecular complexity index is 689. The van der Waals surface area contributed by atoms with Crippen molar-refractivity contribution in [3.05, 3.63) is 47.5 Å². The van der Waals surface area contributed by atoms with Crippen LogP contribution in [0.1, 0.15) is 38.0 Å². The van der Waals surface area contributed by atoms with Gasteiger partial charge in [-0.1, -0.05) is 0 Å². The lowest BCUT2D eigenvalue weighted by molar-refractivity contribution is 0.0755. The van der Waals surface area contributed by atoms with Crippen LogP contribution in [0.4, 0.5) is 0 Å². The van der Waals surface area contributed by atoms with Crippen LogP contribution < -0.4 is 9.47 Å². The standard InChI is InChI=1S/C10H14O3.C9H12O3/c1-10(2,12)8-6-7(13-3)4-5-9(8)11;1-6(10)8-5-7(12-2)3-4-9(8)11/h4-6,11-12H,1-3H3;3-6,10-11H,1-2H3. The van der Waals surface area contributed by atoms with Crippen molar-refractivity contribution in [1.82, 2.24) is 0 Å². The van der Waals surface area contributed by atoms with E-state index in [-0.39, 0.29) is 11.5 Å². The van der Waals surface area contributed by atoms with Crippen molar-refractivity contribution in [1.29, 1.82) is 0 Å². The van der Waals surface area contributed by atoms with Gasteiger partial charge in [-0.15, -0.1) is 0 Å². The minimum absolute atomic E-state index is 0.0771. The van der Waals surface area contributed by atoms with Crippen molar-refractivity contribution in [3.8, 4) is 23.0 Å². The second-order valence-electron chi connectivity index (χ2n) is 6.04. The molecule has 0 spiro atoms. The van der Waals surface area contributed by atoms with Gasteiger partial charge in [0, 0.05) is 11.1 Å². The van der Waals surface area contributed by atoms with Crippen LogP contribution in [-0.4, -0.2) is 34.6 Å². The molecule has 25 heavy (non-hydrogen) atoms. The minimum atomic E-state index is -1.06. The summed E-state index contributed by atoms with van der Waals surface area (Å²) in [6, 6.07) is 9.52. The van der Waals surface area contributed by atoms with Gasteiger partial charge in [0.2, 0.25) is 0 Å². The zero-order valence-corrected chi connectivity index (χ0v) is 15.1. The summed E-state index contributed by atoms with van der Waals surface area (Å²) < 4.78 is 9.92. The van der Waals surface area contributed by atoms with E-state index in [9.17, 15) is 20.4 Å². The molecule has 6 nitrogen and oxygen atoms in total. The molecule has 0 amide bonds. The summed E-state index contributed by atoms with van der Waals surface area (Å²) in [6.07, 6.45) is -0.680. The summed E-state index contributed by atoms with van der Waals surface area (Å²) in [5.74, 6) is 1.41. The van der Waals surface area contributed by atoms with E-state index in [4.69, 9.17) is 9.47 Å². The summed E-state index contributed by atoms with van der Waals surface area (Å²) >= 11 is 0. The molecule has 0 aliphatic carbocycles. The number of rotatable bonds is 4. The van der Waals surface area contributed by atoms with Gasteiger partial charge in [0.1, 0.15) is 23.0 Å². The Morgan fingerprint density at radius 1 is 0.880 bits per heavy atom. The summed E-state index contributed by atoms with van der Waals surface area (Å²) in [5.41, 5.74) is -0.111. The van der Waals surface area contributed by atoms with E-state index in [1.54, 1.807) is 52.1 Å². The van der Waals surface area contributed by atoms with E-state index in [0.29, 0.717) is 22.6 Å². The van der Waals surface area contributed by atoms with Crippen molar-refractivity contribution < 1.29 is 29.9 Å². The Kier molecular flexibility index (Phi) is 7.09. The molecule has 0 bridgehead atoms. The predicted molar refractivity (Wildman–Crippen MR) is 95.2 cm³/mol. The summed E-state index contributed by atoms with van der Waals surface area (Å²) in [7, 11) is 3.08. The molecule has 0 saturated carbocycles. The molecule has 0 radical (unpaired) electrons. The van der Waals surface area contributed by atoms with Gasteiger partial charge < -0.3 is 29.9 Å². The van der Waals surface area contributed by atoms with E-state index in [2.05, 4.69) is 0 Å². The molecule has 1 unspecified atom stereocenters. The molecule has 0 aliphatic rings. The highest BCUT2D eigenvalue weighted by Gasteiger charge is 2.20. The summed E-state index contributed by atoms with van der Waals surface area (Å²) in [4.78, 5) is 0. The first kappa shape index (κ1) is 20.6. The molecule has 4 N–H and O–H groups in total. The van der Waals surface area contributed by atoms with Crippen LogP contribution in [0.5, 0.6) is 23.0 Å². The van der Waals surface area contributed by atoms with Gasteiger partial charge >= 0.3 is 0 Å². The number of ether oxygens (including phenoxy) is 2. The van der Waals surface area contributed by atoms with Crippen LogP contribution in [0.15, 0.2) is 36.4 Å². The van der Waals surface area contributed by atoms with E-state index in [1.165, 1.54) is 19.2 Å². The van der Waals surface area contributed by atoms with Gasteiger partial charge in [0.15, 0.2) is 0 Å². The molecule has 0 aromatic heterocycles. The monoisotopic (exact) mass is 350 g/mol. The lowest BCUT2D eigenvalue weighted by Gasteiger charge is -2.19. The Morgan fingerprint density at radius 3 is 1.80 bits per heavy atom. The number of aliphatic hydroxyl groups excluding tert-OH is 1. The van der Waals surface area contributed by atoms with Crippen LogP contribution in [0.25, 0.3) is 0 Å². The average Bonchev–Trinajstić information content (AvgIpc) is 2.55. The smallest absolute Gasteiger partial charge is 0.121 e. The van der Waals surface area contributed by atoms with Crippen molar-refractivity contribution in [2.75, 3.05) is 14.2 Å². The lowest BCUT2D eigenvalue weighted by Crippen LogP contribution is -2.15. The molecule has 2 rings (SSSR count). The van der Waals surface area contributed by atoms with Crippen LogP contribution in [0, 0.1) is 0 Å². The number of phenolic OH excluding ortho intramolecular Hbond substituents is 2. The molecular formula is C19H26O6. The highest BCUT2D eigenvalue weighted by Crippen LogP contribution is 2.31. The first-order valence-electron chi connectivity index (χ1n) is 7.75. The number of aromatic hydroxyl groups is 2. The maximum Gasteiger partial charge on any atom is 0.121 e. The third kappa shape index (κ3) is 5.85. The van der Waals surface area contributed by atoms with Gasteiger partial charge in [-0.2, -0.15) is 0 Å². The Balaban J connectivity index is 0.000000251. The van der Waals surface area contributed by atoms with Crippen LogP contribution >= 0.6 is 0 Å². The lowest BCUT2D eigenvalue weighted by atomic mass is 9.97. The van der Waals surface area contributed by atoms with Gasteiger partial charge in [0.05, 0.1) is 25.9 Å². The normalized spacial score (nSPS) is 12.0. The van der Waals surface area contributed by atoms with E-state index >= 15 is 0 Å². The van der Waals surface area contributed by atoms with Crippen molar-refractivity contribution in [3.63, 3.8) is 0 Å². The molecule has 138 valence electrons. The second kappa shape index (κ2) is 8.60. The second-order valence-corrected chi connectivity index (χ2v) is 6.04. The fourth-order valence-electron chi connectivity index (χ4n) is 2.13. The van der Waals surface area contributed by atoms with E-state index in [1.807, 2.05) is 0 Å². The zero-order valence-electron chi connectivity index (χ0n) is 15.1. The average molecular weight is 350 g/mol. The Hall–Kier alpha value is -2.44. The molecule has 2 aromatic rings. The topological polar surface area (TPSA) is 99.4 Å². The quantitative estimate of drug-likeness (QED) is 0.676. The number of hydrogen-bond acceptors (Lipinski definition) is 6. The third-order valence-corrected chi connectivity index (χ3v) is 3.55. The fourth-order valence-corrected chi connectivity index (χ4v) is 2.13. The highest BCUT2D eigenvalue weighted by molar-refractivity contribution is 5.42. The van der Waals surface area contributed by atoms with Gasteiger partial charge in [-0.25, -0.2) is 0 Å². The van der Waals surface area contributed by atoms with Gasteiger partial charge in [0.25, 0.3) is 0 Å². The van der Waals surface area contributed by atoms with E-state index in [0.717, 1.165) is 0 Å². The molecule has 0 fully saturated rings. The Morgan fingerprint density at radius 2 is 1.36 bits per heavy atom. The largest absolute Gasteiger partial charge is 0.508 e. The summed E-state index contributed by atoms with van der Waals surface area (Å²) in [6.45, 7) is 4.82. The molecule has 0 aliphatic heterocycles. The molecule has 0 saturated heterocycles.